The number of hydrogen-bond donors (Lipinski definition) is 1. The summed E-state index contributed by atoms with van der Waals surface area (Å²) in [6.07, 6.45) is 0. The van der Waals surface area contributed by atoms with Gasteiger partial charge < -0.3 is 14.2 Å². The number of thioether (sulfide) groups is 1. The molecule has 26 heavy (non-hydrogen) atoms. The van der Waals surface area contributed by atoms with Crippen LogP contribution < -0.4 is 9.47 Å². The van der Waals surface area contributed by atoms with Crippen LogP contribution >= 0.6 is 23.4 Å². The average molecular weight is 390 g/mol. The molecule has 0 atom stereocenters. The van der Waals surface area contributed by atoms with Crippen LogP contribution in [0.25, 0.3) is 11.4 Å². The average Bonchev–Trinajstić information content (AvgIpc) is 3.15. The summed E-state index contributed by atoms with van der Waals surface area (Å²) in [6, 6.07) is 11.4. The predicted octanol–water partition coefficient (Wildman–Crippen LogP) is 4.29. The third kappa shape index (κ3) is 3.65. The molecule has 0 unspecified atom stereocenters. The van der Waals surface area contributed by atoms with Crippen LogP contribution in [-0.4, -0.2) is 29.1 Å². The Kier molecular flexibility index (Phi) is 5.01. The highest BCUT2D eigenvalue weighted by Crippen LogP contribution is 2.35. The van der Waals surface area contributed by atoms with Crippen molar-refractivity contribution in [2.24, 2.45) is 0 Å². The van der Waals surface area contributed by atoms with E-state index in [0.29, 0.717) is 28.4 Å². The summed E-state index contributed by atoms with van der Waals surface area (Å²) in [7, 11) is 1.64. The van der Waals surface area contributed by atoms with Gasteiger partial charge in [0.2, 0.25) is 5.16 Å². The highest BCUT2D eigenvalue weighted by molar-refractivity contribution is 7.98. The number of benzene rings is 2. The van der Waals surface area contributed by atoms with Crippen LogP contribution in [0.2, 0.25) is 5.02 Å². The Balaban J connectivity index is 1.49. The van der Waals surface area contributed by atoms with E-state index in [-0.39, 0.29) is 6.79 Å². The van der Waals surface area contributed by atoms with Crippen molar-refractivity contribution >= 4 is 23.4 Å². The minimum absolute atomic E-state index is 0.259. The summed E-state index contributed by atoms with van der Waals surface area (Å²) in [5.74, 6) is 3.02. The van der Waals surface area contributed by atoms with Gasteiger partial charge in [-0.05, 0) is 36.4 Å². The molecule has 1 N–H and O–H groups in total. The number of aromatic nitrogens is 3. The number of H-pyrrole nitrogens is 1. The molecule has 1 aliphatic rings. The maximum Gasteiger partial charge on any atom is 0.209 e. The van der Waals surface area contributed by atoms with E-state index >= 15 is 0 Å². The Hall–Kier alpha value is -2.22. The van der Waals surface area contributed by atoms with E-state index in [0.717, 1.165) is 28.2 Å². The number of hydrogen-bond acceptors (Lipinski definition) is 6. The quantitative estimate of drug-likeness (QED) is 0.656. The first-order valence-electron chi connectivity index (χ1n) is 7.94. The maximum atomic E-state index is 6.20. The third-order valence-corrected chi connectivity index (χ3v) is 5.05. The second-order valence-electron chi connectivity index (χ2n) is 5.65. The summed E-state index contributed by atoms with van der Waals surface area (Å²) in [5.41, 5.74) is 2.93. The molecule has 0 aliphatic carbocycles. The van der Waals surface area contributed by atoms with Crippen molar-refractivity contribution in [1.82, 2.24) is 15.2 Å². The molecule has 8 heteroatoms. The molecule has 2 heterocycles. The van der Waals surface area contributed by atoms with Gasteiger partial charge in [0, 0.05) is 27.5 Å². The van der Waals surface area contributed by atoms with Gasteiger partial charge in [-0.25, -0.2) is 4.98 Å². The molecule has 0 amide bonds. The number of methoxy groups -OCH3 is 1. The van der Waals surface area contributed by atoms with Crippen molar-refractivity contribution in [3.05, 3.63) is 52.5 Å². The third-order valence-electron chi connectivity index (χ3n) is 3.94. The number of fused-ring (bicyclic) bond motifs is 1. The first-order valence-corrected chi connectivity index (χ1v) is 9.31. The van der Waals surface area contributed by atoms with E-state index in [9.17, 15) is 0 Å². The Labute approximate surface area is 159 Å². The van der Waals surface area contributed by atoms with Crippen molar-refractivity contribution in [2.75, 3.05) is 13.9 Å². The summed E-state index contributed by atoms with van der Waals surface area (Å²) in [4.78, 5) is 4.54. The predicted molar refractivity (Wildman–Crippen MR) is 99.7 cm³/mol. The van der Waals surface area contributed by atoms with Gasteiger partial charge in [0.25, 0.3) is 0 Å². The van der Waals surface area contributed by atoms with Gasteiger partial charge in [-0.1, -0.05) is 23.4 Å². The van der Waals surface area contributed by atoms with E-state index in [1.165, 1.54) is 11.8 Å². The molecule has 3 aromatic rings. The number of halogens is 1. The van der Waals surface area contributed by atoms with Crippen LogP contribution in [0.15, 0.2) is 41.6 Å². The van der Waals surface area contributed by atoms with Crippen molar-refractivity contribution in [3.8, 4) is 22.9 Å². The first-order chi connectivity index (χ1) is 12.7. The molecule has 134 valence electrons. The summed E-state index contributed by atoms with van der Waals surface area (Å²) in [6.45, 7) is 0.768. The minimum atomic E-state index is 0.259. The van der Waals surface area contributed by atoms with Gasteiger partial charge in [-0.15, -0.1) is 5.10 Å². The first kappa shape index (κ1) is 17.2. The largest absolute Gasteiger partial charge is 0.497 e. The number of nitrogens with one attached hydrogen (secondary N) is 1. The fraction of sp³-hybridized carbons (Fsp3) is 0.222. The number of rotatable bonds is 5. The molecule has 6 nitrogen and oxygen atoms in total. The molecule has 1 aliphatic heterocycles. The van der Waals surface area contributed by atoms with Crippen LogP contribution in [0, 0.1) is 0 Å². The van der Waals surface area contributed by atoms with Crippen molar-refractivity contribution in [1.29, 1.82) is 0 Å². The molecule has 0 spiro atoms. The lowest BCUT2D eigenvalue weighted by atomic mass is 10.1. The van der Waals surface area contributed by atoms with Crippen molar-refractivity contribution in [3.63, 3.8) is 0 Å². The zero-order chi connectivity index (χ0) is 17.9. The van der Waals surface area contributed by atoms with Gasteiger partial charge in [0.1, 0.15) is 11.5 Å². The second-order valence-corrected chi connectivity index (χ2v) is 7.03. The van der Waals surface area contributed by atoms with Crippen molar-refractivity contribution in [2.45, 2.75) is 17.5 Å². The van der Waals surface area contributed by atoms with Crippen LogP contribution in [0.3, 0.4) is 0 Å². The van der Waals surface area contributed by atoms with E-state index < -0.39 is 0 Å². The van der Waals surface area contributed by atoms with E-state index in [1.807, 2.05) is 36.4 Å². The van der Waals surface area contributed by atoms with Crippen LogP contribution in [0.1, 0.15) is 11.1 Å². The minimum Gasteiger partial charge on any atom is -0.497 e. The molecule has 0 fully saturated rings. The van der Waals surface area contributed by atoms with Crippen LogP contribution in [0.5, 0.6) is 11.5 Å². The Morgan fingerprint density at radius 2 is 2.12 bits per heavy atom. The lowest BCUT2D eigenvalue weighted by molar-refractivity contribution is -0.0168. The van der Waals surface area contributed by atoms with Gasteiger partial charge >= 0.3 is 0 Å². The van der Waals surface area contributed by atoms with Crippen LogP contribution in [0.4, 0.5) is 0 Å². The van der Waals surface area contributed by atoms with Crippen LogP contribution in [-0.2, 0) is 17.1 Å². The monoisotopic (exact) mass is 389 g/mol. The summed E-state index contributed by atoms with van der Waals surface area (Å²) < 4.78 is 16.1. The van der Waals surface area contributed by atoms with Crippen molar-refractivity contribution < 1.29 is 14.2 Å². The van der Waals surface area contributed by atoms with E-state index in [4.69, 9.17) is 25.8 Å². The molecule has 0 saturated heterocycles. The SMILES string of the molecule is COc1ccc(-c2nc(SCc3cc(Cl)cc4c3OCOC4)n[nH]2)cc1. The normalized spacial score (nSPS) is 13.2. The Morgan fingerprint density at radius 3 is 2.92 bits per heavy atom. The van der Waals surface area contributed by atoms with E-state index in [2.05, 4.69) is 15.2 Å². The summed E-state index contributed by atoms with van der Waals surface area (Å²) >= 11 is 7.72. The molecular weight excluding hydrogens is 374 g/mol. The molecule has 2 aromatic carbocycles. The Bertz CT molecular complexity index is 915. The highest BCUT2D eigenvalue weighted by Gasteiger charge is 2.17. The molecule has 0 saturated carbocycles. The fourth-order valence-corrected chi connectivity index (χ4v) is 3.72. The van der Waals surface area contributed by atoms with Gasteiger partial charge in [-0.3, -0.25) is 5.10 Å². The molecule has 0 bridgehead atoms. The maximum absolute atomic E-state index is 6.20. The molecule has 4 rings (SSSR count). The standard InChI is InChI=1S/C18H16ClN3O3S/c1-23-15-4-2-11(3-5-15)17-20-18(22-21-17)26-9-13-7-14(19)6-12-8-24-10-25-16(12)13/h2-7H,8-10H2,1H3,(H,20,21,22). The fourth-order valence-electron chi connectivity index (χ4n) is 2.70. The van der Waals surface area contributed by atoms with E-state index in [1.54, 1.807) is 7.11 Å². The zero-order valence-corrected chi connectivity index (χ0v) is 15.6. The Morgan fingerprint density at radius 1 is 1.27 bits per heavy atom. The highest BCUT2D eigenvalue weighted by atomic mass is 35.5. The molecule has 0 radical (unpaired) electrons. The molecular formula is C18H16ClN3O3S. The second kappa shape index (κ2) is 7.57. The van der Waals surface area contributed by atoms with Gasteiger partial charge in [-0.2, -0.15) is 0 Å². The summed E-state index contributed by atoms with van der Waals surface area (Å²) in [5, 5.41) is 8.58. The molecule has 1 aromatic heterocycles. The number of aromatic amines is 1. The number of nitrogens with zero attached hydrogens (tertiary/aromatic N) is 2. The smallest absolute Gasteiger partial charge is 0.209 e. The lowest BCUT2D eigenvalue weighted by Gasteiger charge is -2.20. The number of ether oxygens (including phenoxy) is 3. The topological polar surface area (TPSA) is 69.3 Å². The zero-order valence-electron chi connectivity index (χ0n) is 14.0. The van der Waals surface area contributed by atoms with Gasteiger partial charge in [0.05, 0.1) is 13.7 Å². The van der Waals surface area contributed by atoms with Gasteiger partial charge in [0.15, 0.2) is 12.6 Å². The lowest BCUT2D eigenvalue weighted by Crippen LogP contribution is -2.12.